The minimum atomic E-state index is -2.80. The Hall–Kier alpha value is -5.11. The molecule has 3 heterocycles. The fourth-order valence-corrected chi connectivity index (χ4v) is 9.46. The average Bonchev–Trinajstić information content (AvgIpc) is 3.45. The standard InChI is InChI=1S/C33H25N6O2PS/c1-41-24-19-17-23(18-20-24)36-33-37-28-29-31(35-22-21-34-29)43-30(28)32(40)39(33)38-42(25-11-5-2-6-12-25,26-13-7-3-8-14-26)27-15-9-4-10-16-27/h2-22H,1H3,(H,36,37). The minimum Gasteiger partial charge on any atom is -0.497 e. The second kappa shape index (κ2) is 11.3. The smallest absolute Gasteiger partial charge is 0.293 e. The van der Waals surface area contributed by atoms with Crippen LogP contribution in [0, 0.1) is 0 Å². The molecule has 0 bridgehead atoms. The lowest BCUT2D eigenvalue weighted by Crippen LogP contribution is -2.28. The number of thiophene rings is 1. The molecule has 1 N–H and O–H groups in total. The molecule has 0 aliphatic carbocycles. The van der Waals surface area contributed by atoms with Crippen LogP contribution in [0.5, 0.6) is 5.75 Å². The fraction of sp³-hybridized carbons (Fsp3) is 0.0303. The van der Waals surface area contributed by atoms with E-state index >= 15 is 0 Å². The molecule has 0 radical (unpaired) electrons. The first-order valence-electron chi connectivity index (χ1n) is 13.5. The van der Waals surface area contributed by atoms with Crippen LogP contribution in [0.15, 0.2) is 137 Å². The highest BCUT2D eigenvalue weighted by Crippen LogP contribution is 2.47. The molecule has 0 aliphatic rings. The lowest BCUT2D eigenvalue weighted by molar-refractivity contribution is 0.415. The Morgan fingerprint density at radius 1 is 0.744 bits per heavy atom. The van der Waals surface area contributed by atoms with Gasteiger partial charge in [-0.1, -0.05) is 91.0 Å². The van der Waals surface area contributed by atoms with E-state index in [0.717, 1.165) is 27.4 Å². The van der Waals surface area contributed by atoms with Crippen LogP contribution >= 0.6 is 18.4 Å². The van der Waals surface area contributed by atoms with Crippen molar-refractivity contribution < 1.29 is 4.74 Å². The van der Waals surface area contributed by atoms with Gasteiger partial charge in [-0.3, -0.25) is 4.79 Å². The Labute approximate surface area is 251 Å². The van der Waals surface area contributed by atoms with Crippen molar-refractivity contribution in [2.45, 2.75) is 0 Å². The van der Waals surface area contributed by atoms with Gasteiger partial charge in [0.2, 0.25) is 5.95 Å². The van der Waals surface area contributed by atoms with Crippen molar-refractivity contribution in [3.05, 3.63) is 138 Å². The maximum atomic E-state index is 14.5. The minimum absolute atomic E-state index is 0.278. The predicted octanol–water partition coefficient (Wildman–Crippen LogP) is 6.09. The van der Waals surface area contributed by atoms with Gasteiger partial charge in [-0.2, -0.15) is 9.53 Å². The zero-order valence-electron chi connectivity index (χ0n) is 23.0. The van der Waals surface area contributed by atoms with Crippen molar-refractivity contribution in [3.8, 4) is 5.75 Å². The van der Waals surface area contributed by atoms with Crippen LogP contribution in [0.25, 0.3) is 20.6 Å². The molecular weight excluding hydrogens is 575 g/mol. The van der Waals surface area contributed by atoms with Crippen molar-refractivity contribution in [3.63, 3.8) is 0 Å². The van der Waals surface area contributed by atoms with Crippen molar-refractivity contribution in [2.75, 3.05) is 12.4 Å². The summed E-state index contributed by atoms with van der Waals surface area (Å²) in [5.74, 6) is 0.998. The second-order valence-electron chi connectivity index (χ2n) is 9.63. The van der Waals surface area contributed by atoms with E-state index in [1.165, 1.54) is 16.0 Å². The van der Waals surface area contributed by atoms with Gasteiger partial charge in [0, 0.05) is 34.0 Å². The molecule has 43 heavy (non-hydrogen) atoms. The summed E-state index contributed by atoms with van der Waals surface area (Å²) in [7, 11) is -1.18. The first-order valence-corrected chi connectivity index (χ1v) is 16.1. The zero-order chi connectivity index (χ0) is 29.2. The van der Waals surface area contributed by atoms with E-state index in [1.807, 2.05) is 78.9 Å². The molecule has 8 nitrogen and oxygen atoms in total. The summed E-state index contributed by atoms with van der Waals surface area (Å²) in [4.78, 5) is 34.6. The molecule has 10 heteroatoms. The van der Waals surface area contributed by atoms with Crippen LogP contribution in [-0.4, -0.2) is 26.7 Å². The third-order valence-electron chi connectivity index (χ3n) is 7.07. The van der Waals surface area contributed by atoms with Gasteiger partial charge in [0.05, 0.1) is 14.2 Å². The van der Waals surface area contributed by atoms with Gasteiger partial charge in [0.25, 0.3) is 5.56 Å². The summed E-state index contributed by atoms with van der Waals surface area (Å²) in [5, 5.41) is 6.39. The third-order valence-corrected chi connectivity index (χ3v) is 11.7. The normalized spacial score (nSPS) is 11.5. The van der Waals surface area contributed by atoms with Crippen LogP contribution < -0.4 is 31.5 Å². The lowest BCUT2D eigenvalue weighted by atomic mass is 10.3. The van der Waals surface area contributed by atoms with Crippen molar-refractivity contribution in [1.29, 1.82) is 0 Å². The van der Waals surface area contributed by atoms with Crippen LogP contribution in [-0.2, 0) is 0 Å². The van der Waals surface area contributed by atoms with Crippen LogP contribution in [0.2, 0.25) is 0 Å². The van der Waals surface area contributed by atoms with E-state index in [-0.39, 0.29) is 11.5 Å². The third kappa shape index (κ3) is 4.78. The number of benzene rings is 4. The number of fused-ring (bicyclic) bond motifs is 3. The summed E-state index contributed by atoms with van der Waals surface area (Å²) in [5.41, 5.74) is 1.51. The second-order valence-corrected chi connectivity index (χ2v) is 13.6. The molecule has 7 aromatic rings. The van der Waals surface area contributed by atoms with Gasteiger partial charge in [-0.15, -0.1) is 11.3 Å². The Morgan fingerprint density at radius 3 is 1.86 bits per heavy atom. The SMILES string of the molecule is COc1ccc(Nc2nc3c(sc4nccnc43)c(=O)n2N=P(c2ccccc2)(c2ccccc2)c2ccccc2)cc1. The quantitative estimate of drug-likeness (QED) is 0.223. The molecule has 0 spiro atoms. The van der Waals surface area contributed by atoms with Gasteiger partial charge in [0.15, 0.2) is 0 Å². The number of hydrogen-bond acceptors (Lipinski definition) is 8. The topological polar surface area (TPSA) is 94.3 Å². The van der Waals surface area contributed by atoms with E-state index in [1.54, 1.807) is 19.5 Å². The molecule has 4 aromatic carbocycles. The van der Waals surface area contributed by atoms with E-state index in [0.29, 0.717) is 20.6 Å². The molecule has 7 rings (SSSR count). The first-order chi connectivity index (χ1) is 21.2. The maximum Gasteiger partial charge on any atom is 0.293 e. The zero-order valence-corrected chi connectivity index (χ0v) is 24.7. The van der Waals surface area contributed by atoms with Crippen molar-refractivity contribution >= 4 is 66.5 Å². The largest absolute Gasteiger partial charge is 0.497 e. The van der Waals surface area contributed by atoms with E-state index < -0.39 is 7.05 Å². The van der Waals surface area contributed by atoms with Crippen LogP contribution in [0.3, 0.4) is 0 Å². The lowest BCUT2D eigenvalue weighted by Gasteiger charge is -2.27. The summed E-state index contributed by atoms with van der Waals surface area (Å²) in [6, 6.07) is 38.0. The molecule has 0 aliphatic heterocycles. The summed E-state index contributed by atoms with van der Waals surface area (Å²) < 4.78 is 7.22. The Bertz CT molecular complexity index is 2060. The molecule has 0 saturated heterocycles. The van der Waals surface area contributed by atoms with Gasteiger partial charge >= 0.3 is 0 Å². The molecule has 0 atom stereocenters. The number of rotatable bonds is 7. The Morgan fingerprint density at radius 2 is 1.30 bits per heavy atom. The molecular formula is C33H25N6O2PS. The highest BCUT2D eigenvalue weighted by atomic mass is 32.1. The number of nitrogens with one attached hydrogen (secondary N) is 1. The number of ether oxygens (including phenoxy) is 1. The maximum absolute atomic E-state index is 14.5. The van der Waals surface area contributed by atoms with Gasteiger partial charge in [0.1, 0.15) is 26.3 Å². The van der Waals surface area contributed by atoms with Crippen molar-refractivity contribution in [1.82, 2.24) is 19.6 Å². The monoisotopic (exact) mass is 600 g/mol. The van der Waals surface area contributed by atoms with Crippen LogP contribution in [0.4, 0.5) is 11.6 Å². The highest BCUT2D eigenvalue weighted by Gasteiger charge is 2.29. The number of methoxy groups -OCH3 is 1. The van der Waals surface area contributed by atoms with Crippen molar-refractivity contribution in [2.24, 2.45) is 4.85 Å². The number of nitrogens with zero attached hydrogens (tertiary/aromatic N) is 5. The van der Waals surface area contributed by atoms with E-state index in [4.69, 9.17) is 14.6 Å². The molecule has 0 unspecified atom stereocenters. The average molecular weight is 601 g/mol. The molecule has 3 aromatic heterocycles. The molecule has 0 saturated carbocycles. The Balaban J connectivity index is 1.61. The number of anilines is 2. The first kappa shape index (κ1) is 26.8. The molecule has 0 amide bonds. The predicted molar refractivity (Wildman–Crippen MR) is 176 cm³/mol. The molecule has 0 fully saturated rings. The summed E-state index contributed by atoms with van der Waals surface area (Å²) >= 11 is 1.27. The number of hydrogen-bond donors (Lipinski definition) is 1. The van der Waals surface area contributed by atoms with E-state index in [9.17, 15) is 4.79 Å². The Kier molecular flexibility index (Phi) is 7.02. The number of aromatic nitrogens is 4. The summed E-state index contributed by atoms with van der Waals surface area (Å²) in [6.07, 6.45) is 3.23. The highest BCUT2D eigenvalue weighted by molar-refractivity contribution is 7.87. The molecule has 210 valence electrons. The van der Waals surface area contributed by atoms with Crippen LogP contribution in [0.1, 0.15) is 0 Å². The van der Waals surface area contributed by atoms with Gasteiger partial charge < -0.3 is 10.1 Å². The van der Waals surface area contributed by atoms with E-state index in [2.05, 4.69) is 51.7 Å². The fourth-order valence-electron chi connectivity index (χ4n) is 5.04. The van der Waals surface area contributed by atoms with Gasteiger partial charge in [-0.25, -0.2) is 15.0 Å². The van der Waals surface area contributed by atoms with Gasteiger partial charge in [-0.05, 0) is 24.3 Å². The summed E-state index contributed by atoms with van der Waals surface area (Å²) in [6.45, 7) is 0.